The molecule has 0 aliphatic carbocycles. The summed E-state index contributed by atoms with van der Waals surface area (Å²) in [6, 6.07) is 4.22. The van der Waals surface area contributed by atoms with Crippen LogP contribution in [0.5, 0.6) is 0 Å². The Morgan fingerprint density at radius 1 is 1.16 bits per heavy atom. The van der Waals surface area contributed by atoms with Crippen LogP contribution in [0, 0.1) is 5.92 Å². The molecule has 2 N–H and O–H groups in total. The fourth-order valence-corrected chi connectivity index (χ4v) is 2.63. The fraction of sp³-hybridized carbons (Fsp3) is 0.667. The number of pyridine rings is 1. The summed E-state index contributed by atoms with van der Waals surface area (Å²) in [4.78, 5) is 9.18. The van der Waals surface area contributed by atoms with E-state index in [0.29, 0.717) is 5.92 Å². The highest BCUT2D eigenvalue weighted by atomic mass is 15.2. The van der Waals surface area contributed by atoms with Crippen LogP contribution in [0.2, 0.25) is 0 Å². The molecule has 106 valence electrons. The summed E-state index contributed by atoms with van der Waals surface area (Å²) >= 11 is 0. The lowest BCUT2D eigenvalue weighted by molar-refractivity contribution is 0.232. The molecule has 0 radical (unpaired) electrons. The van der Waals surface area contributed by atoms with Crippen LogP contribution < -0.4 is 5.73 Å². The molecule has 2 heterocycles. The molecule has 1 aliphatic heterocycles. The van der Waals surface area contributed by atoms with E-state index in [1.54, 1.807) is 0 Å². The number of aromatic nitrogens is 1. The third-order valence-electron chi connectivity index (χ3n) is 3.81. The van der Waals surface area contributed by atoms with Gasteiger partial charge >= 0.3 is 0 Å². The van der Waals surface area contributed by atoms with E-state index in [0.717, 1.165) is 32.7 Å². The molecule has 1 atom stereocenters. The van der Waals surface area contributed by atoms with E-state index in [1.165, 1.54) is 25.1 Å². The van der Waals surface area contributed by atoms with Gasteiger partial charge in [-0.2, -0.15) is 0 Å². The second kappa shape index (κ2) is 7.58. The molecule has 19 heavy (non-hydrogen) atoms. The third-order valence-corrected chi connectivity index (χ3v) is 3.81. The van der Waals surface area contributed by atoms with E-state index in [9.17, 15) is 0 Å². The van der Waals surface area contributed by atoms with E-state index in [-0.39, 0.29) is 0 Å². The van der Waals surface area contributed by atoms with Gasteiger partial charge in [-0.15, -0.1) is 0 Å². The summed E-state index contributed by atoms with van der Waals surface area (Å²) in [7, 11) is 0. The van der Waals surface area contributed by atoms with Crippen LogP contribution in [-0.2, 0) is 6.54 Å². The number of hydrogen-bond acceptors (Lipinski definition) is 4. The first kappa shape index (κ1) is 14.4. The molecule has 1 fully saturated rings. The number of rotatable bonds is 5. The van der Waals surface area contributed by atoms with Crippen molar-refractivity contribution in [1.82, 2.24) is 14.8 Å². The Bertz CT molecular complexity index is 354. The Kier molecular flexibility index (Phi) is 5.76. The molecule has 2 rings (SSSR count). The van der Waals surface area contributed by atoms with Crippen molar-refractivity contribution in [3.8, 4) is 0 Å². The van der Waals surface area contributed by atoms with E-state index in [1.807, 2.05) is 12.4 Å². The average molecular weight is 262 g/mol. The van der Waals surface area contributed by atoms with Gasteiger partial charge in [0.25, 0.3) is 0 Å². The molecule has 4 heteroatoms. The van der Waals surface area contributed by atoms with Crippen molar-refractivity contribution in [3.05, 3.63) is 30.1 Å². The molecule has 1 aromatic heterocycles. The average Bonchev–Trinajstić information content (AvgIpc) is 2.65. The largest absolute Gasteiger partial charge is 0.330 e. The summed E-state index contributed by atoms with van der Waals surface area (Å²) in [6.45, 7) is 9.92. The second-order valence-corrected chi connectivity index (χ2v) is 5.63. The van der Waals surface area contributed by atoms with Gasteiger partial charge in [0, 0.05) is 38.6 Å². The lowest BCUT2D eigenvalue weighted by Gasteiger charge is -2.24. The smallest absolute Gasteiger partial charge is 0.0271 e. The zero-order valence-electron chi connectivity index (χ0n) is 12.0. The molecular weight excluding hydrogens is 236 g/mol. The van der Waals surface area contributed by atoms with Gasteiger partial charge in [0.1, 0.15) is 0 Å². The Hall–Kier alpha value is -0.970. The SMILES string of the molecule is CC(CN)CN1CCCN(Cc2ccncc2)CC1. The summed E-state index contributed by atoms with van der Waals surface area (Å²) in [5, 5.41) is 0. The van der Waals surface area contributed by atoms with Crippen molar-refractivity contribution in [1.29, 1.82) is 0 Å². The van der Waals surface area contributed by atoms with E-state index < -0.39 is 0 Å². The van der Waals surface area contributed by atoms with Crippen molar-refractivity contribution in [2.75, 3.05) is 39.3 Å². The van der Waals surface area contributed by atoms with Crippen molar-refractivity contribution in [3.63, 3.8) is 0 Å². The molecule has 4 nitrogen and oxygen atoms in total. The predicted octanol–water partition coefficient (Wildman–Crippen LogP) is 1.18. The molecular formula is C15H26N4. The zero-order valence-corrected chi connectivity index (χ0v) is 12.0. The molecule has 1 unspecified atom stereocenters. The van der Waals surface area contributed by atoms with Crippen LogP contribution in [-0.4, -0.2) is 54.1 Å². The van der Waals surface area contributed by atoms with Crippen LogP contribution in [0.3, 0.4) is 0 Å². The molecule has 0 spiro atoms. The predicted molar refractivity (Wildman–Crippen MR) is 78.8 cm³/mol. The van der Waals surface area contributed by atoms with Crippen molar-refractivity contribution >= 4 is 0 Å². The summed E-state index contributed by atoms with van der Waals surface area (Å²) in [5.74, 6) is 0.603. The third kappa shape index (κ3) is 4.90. The van der Waals surface area contributed by atoms with Gasteiger partial charge in [-0.1, -0.05) is 6.92 Å². The van der Waals surface area contributed by atoms with Gasteiger partial charge in [0.2, 0.25) is 0 Å². The second-order valence-electron chi connectivity index (χ2n) is 5.63. The van der Waals surface area contributed by atoms with Crippen LogP contribution in [0.25, 0.3) is 0 Å². The van der Waals surface area contributed by atoms with Gasteiger partial charge in [-0.05, 0) is 49.7 Å². The van der Waals surface area contributed by atoms with Gasteiger partial charge < -0.3 is 10.6 Å². The van der Waals surface area contributed by atoms with Gasteiger partial charge in [0.15, 0.2) is 0 Å². The Morgan fingerprint density at radius 2 is 1.84 bits per heavy atom. The minimum atomic E-state index is 0.603. The first-order valence-corrected chi connectivity index (χ1v) is 7.31. The maximum Gasteiger partial charge on any atom is 0.0271 e. The maximum absolute atomic E-state index is 5.71. The molecule has 0 aromatic carbocycles. The summed E-state index contributed by atoms with van der Waals surface area (Å²) in [6.07, 6.45) is 5.01. The van der Waals surface area contributed by atoms with Crippen LogP contribution in [0.4, 0.5) is 0 Å². The van der Waals surface area contributed by atoms with E-state index in [2.05, 4.69) is 33.8 Å². The molecule has 0 amide bonds. The Morgan fingerprint density at radius 3 is 2.58 bits per heavy atom. The molecule has 0 saturated carbocycles. The first-order chi connectivity index (χ1) is 9.28. The summed E-state index contributed by atoms with van der Waals surface area (Å²) in [5.41, 5.74) is 7.07. The van der Waals surface area contributed by atoms with Gasteiger partial charge in [-0.3, -0.25) is 9.88 Å². The van der Waals surface area contributed by atoms with Crippen molar-refractivity contribution in [2.45, 2.75) is 19.9 Å². The highest BCUT2D eigenvalue weighted by molar-refractivity contribution is 5.09. The minimum absolute atomic E-state index is 0.603. The lowest BCUT2D eigenvalue weighted by Crippen LogP contribution is -2.35. The highest BCUT2D eigenvalue weighted by Crippen LogP contribution is 2.09. The quantitative estimate of drug-likeness (QED) is 0.865. The number of hydrogen-bond donors (Lipinski definition) is 1. The van der Waals surface area contributed by atoms with Crippen molar-refractivity contribution < 1.29 is 0 Å². The molecule has 0 bridgehead atoms. The zero-order chi connectivity index (χ0) is 13.5. The van der Waals surface area contributed by atoms with Crippen LogP contribution >= 0.6 is 0 Å². The van der Waals surface area contributed by atoms with Gasteiger partial charge in [0.05, 0.1) is 0 Å². The Balaban J connectivity index is 1.80. The minimum Gasteiger partial charge on any atom is -0.330 e. The topological polar surface area (TPSA) is 45.4 Å². The van der Waals surface area contributed by atoms with Crippen LogP contribution in [0.1, 0.15) is 18.9 Å². The van der Waals surface area contributed by atoms with Crippen molar-refractivity contribution in [2.24, 2.45) is 11.7 Å². The highest BCUT2D eigenvalue weighted by Gasteiger charge is 2.16. The summed E-state index contributed by atoms with van der Waals surface area (Å²) < 4.78 is 0. The number of nitrogens with two attached hydrogens (primary N) is 1. The molecule has 1 aliphatic rings. The molecule has 1 saturated heterocycles. The fourth-order valence-electron chi connectivity index (χ4n) is 2.63. The lowest BCUT2D eigenvalue weighted by atomic mass is 10.1. The van der Waals surface area contributed by atoms with Crippen LogP contribution in [0.15, 0.2) is 24.5 Å². The van der Waals surface area contributed by atoms with E-state index in [4.69, 9.17) is 5.73 Å². The standard InChI is InChI=1S/C15H26N4/c1-14(11-16)12-18-7-2-8-19(10-9-18)13-15-3-5-17-6-4-15/h3-6,14H,2,7-13,16H2,1H3. The van der Waals surface area contributed by atoms with E-state index >= 15 is 0 Å². The molecule has 1 aromatic rings. The monoisotopic (exact) mass is 262 g/mol. The first-order valence-electron chi connectivity index (χ1n) is 7.31. The van der Waals surface area contributed by atoms with Gasteiger partial charge in [-0.25, -0.2) is 0 Å². The Labute approximate surface area is 116 Å². The number of nitrogens with zero attached hydrogens (tertiary/aromatic N) is 3. The maximum atomic E-state index is 5.71. The normalized spacial score (nSPS) is 20.1.